The van der Waals surface area contributed by atoms with Crippen LogP contribution in [-0.4, -0.2) is 59.0 Å². The van der Waals surface area contributed by atoms with E-state index >= 15 is 0 Å². The lowest BCUT2D eigenvalue weighted by atomic mass is 10.1. The van der Waals surface area contributed by atoms with Crippen LogP contribution < -0.4 is 20.7 Å². The molecule has 3 heterocycles. The predicted octanol–water partition coefficient (Wildman–Crippen LogP) is 0.998. The van der Waals surface area contributed by atoms with Gasteiger partial charge < -0.3 is 30.7 Å². The van der Waals surface area contributed by atoms with Crippen LogP contribution in [-0.2, 0) is 13.6 Å². The second-order valence-electron chi connectivity index (χ2n) is 7.37. The molecule has 13 nitrogen and oxygen atoms in total. The summed E-state index contributed by atoms with van der Waals surface area (Å²) < 4.78 is 9.05. The predicted molar refractivity (Wildman–Crippen MR) is 123 cm³/mol. The van der Waals surface area contributed by atoms with Crippen LogP contribution in [0.5, 0.6) is 5.75 Å². The standard InChI is InChI=1S/C21H24N8O5/c1-4-29-18-12(10-23-29)5-6-14(19(18)34-3)24-15-9-17(25-16-7-8-28(2)27-16)22-11-13(15)20(30)26-21(31,32)33/h5-11,31-33H,4H2,1-3H3,(H,26,30)(H2,22,24,25,27). The maximum Gasteiger partial charge on any atom is 0.369 e. The molecule has 0 fully saturated rings. The Morgan fingerprint density at radius 1 is 1.12 bits per heavy atom. The Balaban J connectivity index is 1.77. The summed E-state index contributed by atoms with van der Waals surface area (Å²) in [5, 5.41) is 44.9. The first kappa shape index (κ1) is 23.0. The highest BCUT2D eigenvalue weighted by Gasteiger charge is 2.25. The van der Waals surface area contributed by atoms with E-state index in [-0.39, 0.29) is 11.3 Å². The number of carbonyl (C=O) groups excluding carboxylic acids is 1. The van der Waals surface area contributed by atoms with Crippen LogP contribution in [0.25, 0.3) is 10.9 Å². The number of carbonyl (C=O) groups is 1. The Hall–Kier alpha value is -4.20. The number of rotatable bonds is 8. The Morgan fingerprint density at radius 2 is 1.91 bits per heavy atom. The van der Waals surface area contributed by atoms with Gasteiger partial charge in [-0.1, -0.05) is 0 Å². The molecule has 0 aliphatic heterocycles. The number of aryl methyl sites for hydroxylation is 2. The summed E-state index contributed by atoms with van der Waals surface area (Å²) in [6.45, 7) is 2.58. The number of nitrogens with zero attached hydrogens (tertiary/aromatic N) is 5. The highest BCUT2D eigenvalue weighted by atomic mass is 16.7. The van der Waals surface area contributed by atoms with Gasteiger partial charge in [-0.25, -0.2) is 4.98 Å². The molecule has 0 saturated carbocycles. The van der Waals surface area contributed by atoms with Gasteiger partial charge in [-0.2, -0.15) is 10.2 Å². The minimum Gasteiger partial charge on any atom is -0.492 e. The number of amides is 1. The van der Waals surface area contributed by atoms with Crippen molar-refractivity contribution in [2.45, 2.75) is 19.6 Å². The minimum atomic E-state index is -3.40. The van der Waals surface area contributed by atoms with Crippen molar-refractivity contribution < 1.29 is 24.9 Å². The van der Waals surface area contributed by atoms with Gasteiger partial charge in [0, 0.05) is 43.5 Å². The average Bonchev–Trinajstić information content (AvgIpc) is 3.38. The number of fused-ring (bicyclic) bond motifs is 1. The number of pyridine rings is 1. The van der Waals surface area contributed by atoms with Gasteiger partial charge >= 0.3 is 6.10 Å². The molecule has 0 saturated heterocycles. The molecule has 0 bridgehead atoms. The maximum atomic E-state index is 12.6. The van der Waals surface area contributed by atoms with Crippen LogP contribution >= 0.6 is 0 Å². The van der Waals surface area contributed by atoms with Gasteiger partial charge in [-0.3, -0.25) is 19.5 Å². The van der Waals surface area contributed by atoms with E-state index in [9.17, 15) is 20.1 Å². The minimum absolute atomic E-state index is 0.0701. The summed E-state index contributed by atoms with van der Waals surface area (Å²) in [5.41, 5.74) is 1.47. The number of benzene rings is 1. The van der Waals surface area contributed by atoms with Crippen molar-refractivity contribution in [2.24, 2.45) is 7.05 Å². The summed E-state index contributed by atoms with van der Waals surface area (Å²) in [6, 6.07) is 6.91. The molecular weight excluding hydrogens is 444 g/mol. The molecule has 34 heavy (non-hydrogen) atoms. The quantitative estimate of drug-likeness (QED) is 0.205. The number of aromatic nitrogens is 5. The Bertz CT molecular complexity index is 1340. The molecule has 13 heteroatoms. The Morgan fingerprint density at radius 3 is 2.56 bits per heavy atom. The van der Waals surface area contributed by atoms with Crippen molar-refractivity contribution in [2.75, 3.05) is 17.7 Å². The maximum absolute atomic E-state index is 12.6. The fourth-order valence-corrected chi connectivity index (χ4v) is 3.48. The molecule has 0 atom stereocenters. The summed E-state index contributed by atoms with van der Waals surface area (Å²) in [6.07, 6.45) is 1.30. The van der Waals surface area contributed by atoms with E-state index in [1.54, 1.807) is 46.3 Å². The highest BCUT2D eigenvalue weighted by molar-refractivity contribution is 6.01. The first-order valence-corrected chi connectivity index (χ1v) is 10.2. The van der Waals surface area contributed by atoms with E-state index < -0.39 is 12.0 Å². The Labute approximate surface area is 193 Å². The second kappa shape index (κ2) is 8.97. The molecule has 178 valence electrons. The van der Waals surface area contributed by atoms with Crippen molar-refractivity contribution in [3.63, 3.8) is 0 Å². The van der Waals surface area contributed by atoms with Gasteiger partial charge in [0.1, 0.15) is 11.3 Å². The third kappa shape index (κ3) is 4.76. The zero-order valence-electron chi connectivity index (χ0n) is 18.6. The van der Waals surface area contributed by atoms with E-state index in [4.69, 9.17) is 4.74 Å². The van der Waals surface area contributed by atoms with Gasteiger partial charge in [0.2, 0.25) is 0 Å². The van der Waals surface area contributed by atoms with Crippen molar-refractivity contribution >= 4 is 39.8 Å². The highest BCUT2D eigenvalue weighted by Crippen LogP contribution is 2.36. The average molecular weight is 468 g/mol. The van der Waals surface area contributed by atoms with Crippen LogP contribution in [0.2, 0.25) is 0 Å². The largest absolute Gasteiger partial charge is 0.492 e. The molecular formula is C21H24N8O5. The topological polar surface area (TPSA) is 172 Å². The molecule has 4 rings (SSSR count). The number of ether oxygens (including phenoxy) is 1. The SMILES string of the molecule is CCn1ncc2ccc(Nc3cc(Nc4ccn(C)n4)ncc3C(=O)NC(O)(O)O)c(OC)c21. The van der Waals surface area contributed by atoms with E-state index in [1.165, 1.54) is 19.4 Å². The van der Waals surface area contributed by atoms with Crippen LogP contribution in [0.4, 0.5) is 23.0 Å². The van der Waals surface area contributed by atoms with Gasteiger partial charge in [0.25, 0.3) is 5.91 Å². The van der Waals surface area contributed by atoms with Crippen molar-refractivity contribution in [1.29, 1.82) is 0 Å². The summed E-state index contributed by atoms with van der Waals surface area (Å²) >= 11 is 0. The van der Waals surface area contributed by atoms with E-state index in [2.05, 4.69) is 25.8 Å². The van der Waals surface area contributed by atoms with Crippen LogP contribution in [0.3, 0.4) is 0 Å². The van der Waals surface area contributed by atoms with Crippen LogP contribution in [0.15, 0.2) is 42.9 Å². The van der Waals surface area contributed by atoms with Gasteiger partial charge in [-0.05, 0) is 19.1 Å². The molecule has 0 aliphatic rings. The molecule has 3 aromatic heterocycles. The van der Waals surface area contributed by atoms with Gasteiger partial charge in [0.05, 0.1) is 30.2 Å². The van der Waals surface area contributed by atoms with Gasteiger partial charge in [0.15, 0.2) is 11.6 Å². The number of methoxy groups -OCH3 is 1. The number of hydrogen-bond acceptors (Lipinski definition) is 10. The van der Waals surface area contributed by atoms with Crippen LogP contribution in [0.1, 0.15) is 17.3 Å². The van der Waals surface area contributed by atoms with Crippen LogP contribution in [0, 0.1) is 0 Å². The van der Waals surface area contributed by atoms with Crippen molar-refractivity contribution in [3.05, 3.63) is 48.4 Å². The zero-order valence-corrected chi connectivity index (χ0v) is 18.6. The molecule has 1 amide bonds. The first-order valence-electron chi connectivity index (χ1n) is 10.2. The number of nitrogens with one attached hydrogen (secondary N) is 3. The molecule has 6 N–H and O–H groups in total. The second-order valence-corrected chi connectivity index (χ2v) is 7.37. The Kier molecular flexibility index (Phi) is 6.06. The molecule has 1 aromatic carbocycles. The third-order valence-corrected chi connectivity index (χ3v) is 4.93. The fraction of sp³-hybridized carbons (Fsp3) is 0.238. The monoisotopic (exact) mass is 468 g/mol. The molecule has 0 aliphatic carbocycles. The summed E-state index contributed by atoms with van der Waals surface area (Å²) in [5.74, 6) is 0.411. The first-order chi connectivity index (χ1) is 16.2. The van der Waals surface area contributed by atoms with E-state index in [1.807, 2.05) is 13.0 Å². The lowest BCUT2D eigenvalue weighted by molar-refractivity contribution is -0.323. The smallest absolute Gasteiger partial charge is 0.369 e. The number of anilines is 4. The molecule has 0 spiro atoms. The molecule has 0 radical (unpaired) electrons. The molecule has 4 aromatic rings. The lowest BCUT2D eigenvalue weighted by Gasteiger charge is -2.19. The fourth-order valence-electron chi connectivity index (χ4n) is 3.48. The van der Waals surface area contributed by atoms with E-state index in [0.717, 1.165) is 10.9 Å². The number of hydrogen-bond donors (Lipinski definition) is 6. The molecule has 0 unspecified atom stereocenters. The number of aliphatic hydroxyl groups is 3. The third-order valence-electron chi connectivity index (χ3n) is 4.93. The summed E-state index contributed by atoms with van der Waals surface area (Å²) in [4.78, 5) is 16.8. The van der Waals surface area contributed by atoms with Gasteiger partial charge in [-0.15, -0.1) is 0 Å². The zero-order chi connectivity index (χ0) is 24.5. The normalized spacial score (nSPS) is 11.5. The lowest BCUT2D eigenvalue weighted by Crippen LogP contribution is -2.48. The van der Waals surface area contributed by atoms with Crippen molar-refractivity contribution in [3.8, 4) is 5.75 Å². The van der Waals surface area contributed by atoms with Crippen molar-refractivity contribution in [1.82, 2.24) is 29.9 Å². The summed E-state index contributed by atoms with van der Waals surface area (Å²) in [7, 11) is 3.30. The van der Waals surface area contributed by atoms with E-state index in [0.29, 0.717) is 29.6 Å².